The van der Waals surface area contributed by atoms with Crippen LogP contribution in [0.2, 0.25) is 0 Å². The summed E-state index contributed by atoms with van der Waals surface area (Å²) in [4.78, 5) is 28.1. The number of rotatable bonds is 8. The highest BCUT2D eigenvalue weighted by Crippen LogP contribution is 2.40. The minimum absolute atomic E-state index is 0.111. The Bertz CT molecular complexity index is 1290. The van der Waals surface area contributed by atoms with Gasteiger partial charge in [-0.2, -0.15) is 0 Å². The van der Waals surface area contributed by atoms with Gasteiger partial charge in [0.25, 0.3) is 11.7 Å². The van der Waals surface area contributed by atoms with Crippen molar-refractivity contribution in [2.45, 2.75) is 32.7 Å². The normalized spacial score (nSPS) is 16.9. The zero-order chi connectivity index (χ0) is 25.8. The lowest BCUT2D eigenvalue weighted by atomic mass is 9.94. The zero-order valence-electron chi connectivity index (χ0n) is 21.1. The molecule has 6 nitrogen and oxygen atoms in total. The molecule has 1 atom stereocenters. The van der Waals surface area contributed by atoms with Crippen molar-refractivity contribution in [2.75, 3.05) is 20.8 Å². The monoisotopic (exact) mass is 485 g/mol. The van der Waals surface area contributed by atoms with Crippen LogP contribution in [-0.2, 0) is 22.4 Å². The predicted molar refractivity (Wildman–Crippen MR) is 139 cm³/mol. The van der Waals surface area contributed by atoms with E-state index in [0.717, 1.165) is 28.7 Å². The Balaban J connectivity index is 1.74. The van der Waals surface area contributed by atoms with Crippen molar-refractivity contribution in [3.05, 3.63) is 100 Å². The van der Waals surface area contributed by atoms with Crippen LogP contribution in [-0.4, -0.2) is 42.5 Å². The van der Waals surface area contributed by atoms with Gasteiger partial charge in [0.2, 0.25) is 0 Å². The predicted octanol–water partition coefficient (Wildman–Crippen LogP) is 5.24. The molecule has 1 fully saturated rings. The second-order valence-electron chi connectivity index (χ2n) is 8.89. The van der Waals surface area contributed by atoms with Crippen LogP contribution in [0.5, 0.6) is 11.5 Å². The molecule has 6 heteroatoms. The summed E-state index contributed by atoms with van der Waals surface area (Å²) in [6.07, 6.45) is 1.38. The largest absolute Gasteiger partial charge is 0.507 e. The van der Waals surface area contributed by atoms with Gasteiger partial charge in [-0.15, -0.1) is 0 Å². The number of likely N-dealkylation sites (tertiary alicyclic amines) is 1. The summed E-state index contributed by atoms with van der Waals surface area (Å²) in [6, 6.07) is 20.0. The van der Waals surface area contributed by atoms with E-state index in [9.17, 15) is 14.7 Å². The third-order valence-corrected chi connectivity index (χ3v) is 6.66. The number of aliphatic hydroxyl groups is 1. The van der Waals surface area contributed by atoms with Gasteiger partial charge in [0, 0.05) is 12.1 Å². The Morgan fingerprint density at radius 2 is 1.53 bits per heavy atom. The first-order chi connectivity index (χ1) is 17.4. The molecule has 36 heavy (non-hydrogen) atoms. The highest BCUT2D eigenvalue weighted by molar-refractivity contribution is 6.46. The maximum absolute atomic E-state index is 13.3. The molecule has 0 radical (unpaired) electrons. The smallest absolute Gasteiger partial charge is 0.295 e. The number of carbonyl (C=O) groups is 2. The highest BCUT2D eigenvalue weighted by atomic mass is 16.5. The SMILES string of the molecule is CCc1ccc([C@H]2C(=C(O)c3ccc(C)cc3)C(=O)C(=O)N2CCc2ccc(OC)c(OC)c2)cc1. The summed E-state index contributed by atoms with van der Waals surface area (Å²) >= 11 is 0. The van der Waals surface area contributed by atoms with E-state index in [1.165, 1.54) is 0 Å². The number of hydrogen-bond acceptors (Lipinski definition) is 5. The number of ether oxygens (including phenoxy) is 2. The average Bonchev–Trinajstić information content (AvgIpc) is 3.16. The van der Waals surface area contributed by atoms with Gasteiger partial charge >= 0.3 is 0 Å². The first kappa shape index (κ1) is 25.0. The van der Waals surface area contributed by atoms with Crippen LogP contribution in [0.1, 0.15) is 40.8 Å². The molecule has 3 aromatic rings. The van der Waals surface area contributed by atoms with E-state index < -0.39 is 17.7 Å². The molecule has 0 unspecified atom stereocenters. The van der Waals surface area contributed by atoms with Crippen molar-refractivity contribution in [3.8, 4) is 11.5 Å². The van der Waals surface area contributed by atoms with Crippen molar-refractivity contribution >= 4 is 17.4 Å². The number of nitrogens with zero attached hydrogens (tertiary/aromatic N) is 1. The number of aliphatic hydroxyl groups excluding tert-OH is 1. The maximum atomic E-state index is 13.3. The lowest BCUT2D eigenvalue weighted by Gasteiger charge is -2.25. The van der Waals surface area contributed by atoms with Gasteiger partial charge in [0.05, 0.1) is 25.8 Å². The fraction of sp³-hybridized carbons (Fsp3) is 0.267. The number of aryl methyl sites for hydroxylation is 2. The second kappa shape index (κ2) is 10.7. The summed E-state index contributed by atoms with van der Waals surface area (Å²) in [5, 5.41) is 11.2. The fourth-order valence-electron chi connectivity index (χ4n) is 4.55. The highest BCUT2D eigenvalue weighted by Gasteiger charge is 2.45. The van der Waals surface area contributed by atoms with E-state index >= 15 is 0 Å². The molecule has 0 spiro atoms. The number of methoxy groups -OCH3 is 2. The minimum Gasteiger partial charge on any atom is -0.507 e. The summed E-state index contributed by atoms with van der Waals surface area (Å²) < 4.78 is 10.7. The van der Waals surface area contributed by atoms with Crippen molar-refractivity contribution in [1.82, 2.24) is 4.90 Å². The third kappa shape index (κ3) is 4.85. The van der Waals surface area contributed by atoms with Gasteiger partial charge in [-0.3, -0.25) is 9.59 Å². The zero-order valence-corrected chi connectivity index (χ0v) is 21.1. The van der Waals surface area contributed by atoms with Crippen molar-refractivity contribution in [2.24, 2.45) is 0 Å². The molecule has 186 valence electrons. The Morgan fingerprint density at radius 3 is 2.14 bits per heavy atom. The summed E-state index contributed by atoms with van der Waals surface area (Å²) in [5.41, 5.74) is 4.53. The molecule has 0 aromatic heterocycles. The number of ketones is 1. The van der Waals surface area contributed by atoms with Gasteiger partial charge in [0.1, 0.15) is 5.76 Å². The third-order valence-electron chi connectivity index (χ3n) is 6.66. The van der Waals surface area contributed by atoms with Crippen molar-refractivity contribution < 1.29 is 24.2 Å². The molecule has 0 bridgehead atoms. The van der Waals surface area contributed by atoms with E-state index in [1.54, 1.807) is 31.3 Å². The Kier molecular flexibility index (Phi) is 7.44. The molecular weight excluding hydrogens is 454 g/mol. The number of carbonyl (C=O) groups excluding carboxylic acids is 2. The molecule has 1 saturated heterocycles. The summed E-state index contributed by atoms with van der Waals surface area (Å²) in [5.74, 6) is -0.232. The maximum Gasteiger partial charge on any atom is 0.295 e. The fourth-order valence-corrected chi connectivity index (χ4v) is 4.55. The molecule has 1 amide bonds. The van der Waals surface area contributed by atoms with Gasteiger partial charge < -0.3 is 19.5 Å². The molecular formula is C30H31NO5. The summed E-state index contributed by atoms with van der Waals surface area (Å²) in [6.45, 7) is 4.32. The Labute approximate surface area is 211 Å². The van der Waals surface area contributed by atoms with Crippen LogP contribution in [0.25, 0.3) is 5.76 Å². The van der Waals surface area contributed by atoms with E-state index in [2.05, 4.69) is 6.92 Å². The van der Waals surface area contributed by atoms with Gasteiger partial charge in [-0.05, 0) is 48.6 Å². The van der Waals surface area contributed by atoms with Gasteiger partial charge in [-0.1, -0.05) is 67.1 Å². The molecule has 1 aliphatic heterocycles. The Morgan fingerprint density at radius 1 is 0.889 bits per heavy atom. The topological polar surface area (TPSA) is 76.1 Å². The van der Waals surface area contributed by atoms with Crippen LogP contribution in [0.4, 0.5) is 0 Å². The van der Waals surface area contributed by atoms with Gasteiger partial charge in [0.15, 0.2) is 11.5 Å². The standard InChI is InChI=1S/C30H31NO5/c1-5-20-8-13-22(14-9-20)27-26(28(32)23-11-6-19(2)7-12-23)29(33)30(34)31(27)17-16-21-10-15-24(35-3)25(18-21)36-4/h6-15,18,27,32H,5,16-17H2,1-4H3/t27-/m0/s1. The average molecular weight is 486 g/mol. The molecule has 1 heterocycles. The molecule has 0 saturated carbocycles. The molecule has 4 rings (SSSR count). The van der Waals surface area contributed by atoms with Crippen molar-refractivity contribution in [3.63, 3.8) is 0 Å². The second-order valence-corrected chi connectivity index (χ2v) is 8.89. The van der Waals surface area contributed by atoms with Crippen LogP contribution in [0, 0.1) is 6.92 Å². The van der Waals surface area contributed by atoms with Crippen LogP contribution < -0.4 is 9.47 Å². The van der Waals surface area contributed by atoms with E-state index in [4.69, 9.17) is 9.47 Å². The molecule has 1 N–H and O–H groups in total. The first-order valence-corrected chi connectivity index (χ1v) is 12.0. The van der Waals surface area contributed by atoms with Crippen LogP contribution in [0.15, 0.2) is 72.3 Å². The molecule has 0 aliphatic carbocycles. The minimum atomic E-state index is -0.683. The quantitative estimate of drug-likeness (QED) is 0.268. The van der Waals surface area contributed by atoms with Crippen LogP contribution in [0.3, 0.4) is 0 Å². The summed E-state index contributed by atoms with van der Waals surface area (Å²) in [7, 11) is 3.15. The lowest BCUT2D eigenvalue weighted by Crippen LogP contribution is -2.31. The van der Waals surface area contributed by atoms with E-state index in [1.807, 2.05) is 61.5 Å². The van der Waals surface area contributed by atoms with E-state index in [0.29, 0.717) is 30.0 Å². The van der Waals surface area contributed by atoms with Crippen molar-refractivity contribution in [1.29, 1.82) is 0 Å². The Hall–Kier alpha value is -4.06. The van der Waals surface area contributed by atoms with Gasteiger partial charge in [-0.25, -0.2) is 0 Å². The molecule has 1 aliphatic rings. The molecule has 3 aromatic carbocycles. The number of benzene rings is 3. The lowest BCUT2D eigenvalue weighted by molar-refractivity contribution is -0.139. The number of amides is 1. The van der Waals surface area contributed by atoms with E-state index in [-0.39, 0.29) is 11.3 Å². The van der Waals surface area contributed by atoms with Crippen LogP contribution >= 0.6 is 0 Å². The number of hydrogen-bond donors (Lipinski definition) is 1. The first-order valence-electron chi connectivity index (χ1n) is 12.0. The number of Topliss-reactive ketones (excluding diaryl/α,β-unsaturated/α-hetero) is 1.